The van der Waals surface area contributed by atoms with Gasteiger partial charge in [-0.1, -0.05) is 5.92 Å². The highest BCUT2D eigenvalue weighted by atomic mass is 16.5. The maximum atomic E-state index is 11.9. The molecule has 1 aromatic carbocycles. The molecule has 0 spiro atoms. The zero-order valence-electron chi connectivity index (χ0n) is 10.8. The predicted octanol–water partition coefficient (Wildman–Crippen LogP) is 0.789. The van der Waals surface area contributed by atoms with Gasteiger partial charge in [-0.2, -0.15) is 5.10 Å². The van der Waals surface area contributed by atoms with Crippen LogP contribution < -0.4 is 10.1 Å². The topological polar surface area (TPSA) is 79.9 Å². The molecule has 0 fully saturated rings. The van der Waals surface area contributed by atoms with E-state index in [9.17, 15) is 4.79 Å². The summed E-state index contributed by atoms with van der Waals surface area (Å²) in [5.41, 5.74) is 0.565. The van der Waals surface area contributed by atoms with Crippen LogP contribution in [0.4, 0.5) is 0 Å². The number of aromatic amines is 1. The van der Waals surface area contributed by atoms with Crippen molar-refractivity contribution < 1.29 is 9.53 Å². The summed E-state index contributed by atoms with van der Waals surface area (Å²) < 4.78 is 5.23. The fraction of sp³-hybridized carbons (Fsp3) is 0.214. The van der Waals surface area contributed by atoms with Crippen LogP contribution in [0.2, 0.25) is 0 Å². The number of aromatic nitrogens is 3. The minimum atomic E-state index is -0.145. The second kappa shape index (κ2) is 6.95. The first kappa shape index (κ1) is 13.6. The number of ether oxygens (including phenoxy) is 1. The molecular formula is C14H14N4O2. The standard InChI is InChI=1S/C14H14N4O2/c1-2-9-20-12-5-3-11(4-6-12)14(19)15-8-7-13-16-10-17-18-13/h1,3-6,10H,7-9H2,(H,15,19)(H,16,17,18). The highest BCUT2D eigenvalue weighted by Crippen LogP contribution is 2.11. The lowest BCUT2D eigenvalue weighted by Crippen LogP contribution is -2.25. The Morgan fingerprint density at radius 3 is 2.85 bits per heavy atom. The van der Waals surface area contributed by atoms with Crippen LogP contribution in [0.5, 0.6) is 5.75 Å². The third-order valence-electron chi connectivity index (χ3n) is 2.55. The minimum Gasteiger partial charge on any atom is -0.481 e. The van der Waals surface area contributed by atoms with E-state index in [1.54, 1.807) is 24.3 Å². The molecule has 0 aliphatic carbocycles. The summed E-state index contributed by atoms with van der Waals surface area (Å²) in [6, 6.07) is 6.80. The van der Waals surface area contributed by atoms with Crippen LogP contribution >= 0.6 is 0 Å². The van der Waals surface area contributed by atoms with Gasteiger partial charge in [0.25, 0.3) is 5.91 Å². The Balaban J connectivity index is 1.81. The lowest BCUT2D eigenvalue weighted by molar-refractivity contribution is 0.0954. The summed E-state index contributed by atoms with van der Waals surface area (Å²) in [4.78, 5) is 15.8. The normalized spacial score (nSPS) is 9.75. The summed E-state index contributed by atoms with van der Waals surface area (Å²) in [6.07, 6.45) is 7.14. The van der Waals surface area contributed by atoms with Crippen LogP contribution in [-0.2, 0) is 6.42 Å². The molecule has 2 aromatic rings. The highest BCUT2D eigenvalue weighted by molar-refractivity contribution is 5.94. The van der Waals surface area contributed by atoms with Crippen molar-refractivity contribution in [3.63, 3.8) is 0 Å². The van der Waals surface area contributed by atoms with E-state index in [0.29, 0.717) is 24.3 Å². The van der Waals surface area contributed by atoms with E-state index in [0.717, 1.165) is 5.82 Å². The largest absolute Gasteiger partial charge is 0.481 e. The SMILES string of the molecule is C#CCOc1ccc(C(=O)NCCc2ncn[nH]2)cc1. The Hall–Kier alpha value is -2.81. The molecule has 2 rings (SSSR count). The van der Waals surface area contributed by atoms with Gasteiger partial charge in [-0.25, -0.2) is 4.98 Å². The van der Waals surface area contributed by atoms with E-state index >= 15 is 0 Å². The molecule has 0 atom stereocenters. The van der Waals surface area contributed by atoms with E-state index < -0.39 is 0 Å². The molecule has 0 saturated heterocycles. The Bertz CT molecular complexity index is 585. The maximum absolute atomic E-state index is 11.9. The Kier molecular flexibility index (Phi) is 4.73. The Labute approximate surface area is 116 Å². The number of hydrogen-bond acceptors (Lipinski definition) is 4. The molecule has 0 saturated carbocycles. The van der Waals surface area contributed by atoms with Gasteiger partial charge in [0.1, 0.15) is 24.5 Å². The number of rotatable bonds is 6. The van der Waals surface area contributed by atoms with Crippen LogP contribution in [0.3, 0.4) is 0 Å². The van der Waals surface area contributed by atoms with Gasteiger partial charge >= 0.3 is 0 Å². The molecule has 20 heavy (non-hydrogen) atoms. The average Bonchev–Trinajstić information content (AvgIpc) is 2.99. The van der Waals surface area contributed by atoms with Gasteiger partial charge in [0, 0.05) is 18.5 Å². The van der Waals surface area contributed by atoms with Crippen molar-refractivity contribution in [2.24, 2.45) is 0 Å². The van der Waals surface area contributed by atoms with Crippen molar-refractivity contribution in [2.75, 3.05) is 13.2 Å². The first-order valence-electron chi connectivity index (χ1n) is 6.08. The molecule has 0 radical (unpaired) electrons. The molecule has 0 bridgehead atoms. The van der Waals surface area contributed by atoms with Crippen molar-refractivity contribution in [2.45, 2.75) is 6.42 Å². The number of benzene rings is 1. The van der Waals surface area contributed by atoms with Crippen molar-refractivity contribution >= 4 is 5.91 Å². The lowest BCUT2D eigenvalue weighted by atomic mass is 10.2. The van der Waals surface area contributed by atoms with Gasteiger partial charge in [0.05, 0.1) is 0 Å². The van der Waals surface area contributed by atoms with Crippen molar-refractivity contribution in [3.05, 3.63) is 42.0 Å². The summed E-state index contributed by atoms with van der Waals surface area (Å²) in [7, 11) is 0. The van der Waals surface area contributed by atoms with Crippen LogP contribution in [0.25, 0.3) is 0 Å². The number of H-pyrrole nitrogens is 1. The quantitative estimate of drug-likeness (QED) is 0.760. The van der Waals surface area contributed by atoms with E-state index in [-0.39, 0.29) is 12.5 Å². The van der Waals surface area contributed by atoms with Gasteiger partial charge in [0.2, 0.25) is 0 Å². The van der Waals surface area contributed by atoms with E-state index in [1.807, 2.05) is 0 Å². The molecular weight excluding hydrogens is 256 g/mol. The molecule has 0 aliphatic heterocycles. The van der Waals surface area contributed by atoms with Crippen molar-refractivity contribution in [1.82, 2.24) is 20.5 Å². The summed E-state index contributed by atoms with van der Waals surface area (Å²) in [5.74, 6) is 3.61. The van der Waals surface area contributed by atoms with E-state index in [1.165, 1.54) is 6.33 Å². The Morgan fingerprint density at radius 1 is 1.40 bits per heavy atom. The molecule has 2 N–H and O–H groups in total. The maximum Gasteiger partial charge on any atom is 0.251 e. The predicted molar refractivity (Wildman–Crippen MR) is 73.2 cm³/mol. The number of nitrogens with one attached hydrogen (secondary N) is 2. The average molecular weight is 270 g/mol. The van der Waals surface area contributed by atoms with Crippen LogP contribution in [0, 0.1) is 12.3 Å². The van der Waals surface area contributed by atoms with Crippen LogP contribution in [0.1, 0.15) is 16.2 Å². The fourth-order valence-corrected chi connectivity index (χ4v) is 1.58. The molecule has 0 unspecified atom stereocenters. The van der Waals surface area contributed by atoms with Crippen molar-refractivity contribution in [1.29, 1.82) is 0 Å². The third-order valence-corrected chi connectivity index (χ3v) is 2.55. The first-order valence-corrected chi connectivity index (χ1v) is 6.08. The first-order chi connectivity index (χ1) is 9.79. The monoisotopic (exact) mass is 270 g/mol. The third kappa shape index (κ3) is 3.85. The molecule has 1 amide bonds. The number of nitrogens with zero attached hydrogens (tertiary/aromatic N) is 2. The number of carbonyl (C=O) groups is 1. The molecule has 102 valence electrons. The van der Waals surface area contributed by atoms with Gasteiger partial charge in [-0.3, -0.25) is 9.89 Å². The zero-order chi connectivity index (χ0) is 14.2. The molecule has 1 aromatic heterocycles. The smallest absolute Gasteiger partial charge is 0.251 e. The summed E-state index contributed by atoms with van der Waals surface area (Å²) in [5, 5.41) is 9.27. The molecule has 6 nitrogen and oxygen atoms in total. The van der Waals surface area contributed by atoms with E-state index in [4.69, 9.17) is 11.2 Å². The fourth-order valence-electron chi connectivity index (χ4n) is 1.58. The zero-order valence-corrected chi connectivity index (χ0v) is 10.8. The lowest BCUT2D eigenvalue weighted by Gasteiger charge is -2.05. The van der Waals surface area contributed by atoms with E-state index in [2.05, 4.69) is 26.4 Å². The highest BCUT2D eigenvalue weighted by Gasteiger charge is 2.05. The summed E-state index contributed by atoms with van der Waals surface area (Å²) in [6.45, 7) is 0.700. The van der Waals surface area contributed by atoms with Gasteiger partial charge in [0.15, 0.2) is 0 Å². The van der Waals surface area contributed by atoms with Gasteiger partial charge < -0.3 is 10.1 Å². The summed E-state index contributed by atoms with van der Waals surface area (Å²) >= 11 is 0. The number of hydrogen-bond donors (Lipinski definition) is 2. The number of terminal acetylenes is 1. The van der Waals surface area contributed by atoms with Crippen molar-refractivity contribution in [3.8, 4) is 18.1 Å². The van der Waals surface area contributed by atoms with Crippen LogP contribution in [0.15, 0.2) is 30.6 Å². The molecule has 1 heterocycles. The number of carbonyl (C=O) groups excluding carboxylic acids is 1. The number of amides is 1. The minimum absolute atomic E-state index is 0.145. The second-order valence-electron chi connectivity index (χ2n) is 3.96. The van der Waals surface area contributed by atoms with Gasteiger partial charge in [-0.05, 0) is 24.3 Å². The Morgan fingerprint density at radius 2 is 2.20 bits per heavy atom. The van der Waals surface area contributed by atoms with Gasteiger partial charge in [-0.15, -0.1) is 6.42 Å². The van der Waals surface area contributed by atoms with Crippen LogP contribution in [-0.4, -0.2) is 34.2 Å². The second-order valence-corrected chi connectivity index (χ2v) is 3.96. The molecule has 6 heteroatoms. The molecule has 0 aliphatic rings.